The predicted octanol–water partition coefficient (Wildman–Crippen LogP) is 1.36. The van der Waals surface area contributed by atoms with Gasteiger partial charge in [-0.2, -0.15) is 11.8 Å². The summed E-state index contributed by atoms with van der Waals surface area (Å²) in [5, 5.41) is 2.98. The summed E-state index contributed by atoms with van der Waals surface area (Å²) in [5.74, 6) is 3.06. The van der Waals surface area contributed by atoms with E-state index in [1.54, 1.807) is 12.1 Å². The van der Waals surface area contributed by atoms with Crippen LogP contribution in [0.15, 0.2) is 16.5 Å². The summed E-state index contributed by atoms with van der Waals surface area (Å²) in [6.07, 6.45) is 2.23. The number of amides is 1. The van der Waals surface area contributed by atoms with Crippen molar-refractivity contribution in [1.29, 1.82) is 0 Å². The summed E-state index contributed by atoms with van der Waals surface area (Å²) >= 11 is 1.88. The quantitative estimate of drug-likeness (QED) is 0.837. The molecule has 1 saturated heterocycles. The van der Waals surface area contributed by atoms with Gasteiger partial charge in [0, 0.05) is 11.8 Å². The molecule has 1 aromatic heterocycles. The largest absolute Gasteiger partial charge is 0.455 e. The Kier molecular flexibility index (Phi) is 3.90. The van der Waals surface area contributed by atoms with E-state index < -0.39 is 0 Å². The van der Waals surface area contributed by atoms with Crippen molar-refractivity contribution in [3.63, 3.8) is 0 Å². The van der Waals surface area contributed by atoms with Gasteiger partial charge in [-0.15, -0.1) is 0 Å². The van der Waals surface area contributed by atoms with Gasteiger partial charge < -0.3 is 15.5 Å². The third-order valence-corrected chi connectivity index (χ3v) is 3.80. The topological polar surface area (TPSA) is 68.3 Å². The van der Waals surface area contributed by atoms with Crippen LogP contribution in [0.1, 0.15) is 29.2 Å². The molecule has 0 aliphatic carbocycles. The average molecular weight is 240 g/mol. The molecule has 0 spiro atoms. The van der Waals surface area contributed by atoms with Crippen LogP contribution in [-0.4, -0.2) is 23.5 Å². The number of nitrogens with one attached hydrogen (secondary N) is 1. The summed E-state index contributed by atoms with van der Waals surface area (Å²) < 4.78 is 5.29. The molecule has 1 unspecified atom stereocenters. The first-order valence-electron chi connectivity index (χ1n) is 5.47. The molecule has 0 aromatic carbocycles. The Hall–Kier alpha value is -0.940. The van der Waals surface area contributed by atoms with Gasteiger partial charge in [0.15, 0.2) is 5.76 Å². The molecule has 3 N–H and O–H groups in total. The molecule has 2 rings (SSSR count). The number of carbonyl (C=O) groups is 1. The van der Waals surface area contributed by atoms with Crippen molar-refractivity contribution in [2.24, 2.45) is 5.73 Å². The lowest BCUT2D eigenvalue weighted by Crippen LogP contribution is -2.38. The zero-order chi connectivity index (χ0) is 11.4. The Balaban J connectivity index is 1.91. The van der Waals surface area contributed by atoms with E-state index in [0.29, 0.717) is 18.1 Å². The Labute approximate surface area is 98.9 Å². The molecular formula is C11H16N2O2S. The molecule has 4 nitrogen and oxygen atoms in total. The highest BCUT2D eigenvalue weighted by molar-refractivity contribution is 7.99. The van der Waals surface area contributed by atoms with E-state index in [0.717, 1.165) is 12.2 Å². The van der Waals surface area contributed by atoms with E-state index in [1.165, 1.54) is 12.2 Å². The molecular weight excluding hydrogens is 224 g/mol. The second-order valence-electron chi connectivity index (χ2n) is 3.86. The minimum Gasteiger partial charge on any atom is -0.455 e. The van der Waals surface area contributed by atoms with Crippen molar-refractivity contribution in [1.82, 2.24) is 5.32 Å². The molecule has 1 aliphatic rings. The summed E-state index contributed by atoms with van der Waals surface area (Å²) in [6, 6.07) is 3.69. The van der Waals surface area contributed by atoms with Crippen LogP contribution in [-0.2, 0) is 6.54 Å². The van der Waals surface area contributed by atoms with Crippen molar-refractivity contribution in [2.45, 2.75) is 25.4 Å². The first-order chi connectivity index (χ1) is 7.79. The van der Waals surface area contributed by atoms with E-state index in [2.05, 4.69) is 5.32 Å². The van der Waals surface area contributed by atoms with Crippen LogP contribution in [0.4, 0.5) is 0 Å². The number of hydrogen-bond acceptors (Lipinski definition) is 4. The Morgan fingerprint density at radius 2 is 2.50 bits per heavy atom. The lowest BCUT2D eigenvalue weighted by atomic mass is 10.2. The van der Waals surface area contributed by atoms with Crippen LogP contribution in [0, 0.1) is 0 Å². The van der Waals surface area contributed by atoms with E-state index >= 15 is 0 Å². The summed E-state index contributed by atoms with van der Waals surface area (Å²) in [7, 11) is 0. The number of rotatable bonds is 3. The second kappa shape index (κ2) is 5.41. The van der Waals surface area contributed by atoms with Gasteiger partial charge in [-0.1, -0.05) is 0 Å². The van der Waals surface area contributed by atoms with Gasteiger partial charge in [0.25, 0.3) is 5.91 Å². The molecule has 1 aromatic rings. The standard InChI is InChI=1S/C11H16N2O2S/c12-6-9-3-4-10(15-9)11(14)13-8-2-1-5-16-7-8/h3-4,8H,1-2,5-7,12H2,(H,13,14). The fourth-order valence-corrected chi connectivity index (χ4v) is 2.79. The van der Waals surface area contributed by atoms with Crippen molar-refractivity contribution in [2.75, 3.05) is 11.5 Å². The van der Waals surface area contributed by atoms with E-state index in [4.69, 9.17) is 10.2 Å². The van der Waals surface area contributed by atoms with Crippen LogP contribution < -0.4 is 11.1 Å². The van der Waals surface area contributed by atoms with Gasteiger partial charge in [0.05, 0.1) is 6.54 Å². The van der Waals surface area contributed by atoms with Crippen molar-refractivity contribution in [3.8, 4) is 0 Å². The number of thioether (sulfide) groups is 1. The Morgan fingerprint density at radius 3 is 3.12 bits per heavy atom. The summed E-state index contributed by atoms with van der Waals surface area (Å²) in [6.45, 7) is 0.326. The Morgan fingerprint density at radius 1 is 1.62 bits per heavy atom. The summed E-state index contributed by atoms with van der Waals surface area (Å²) in [4.78, 5) is 11.8. The maximum Gasteiger partial charge on any atom is 0.287 e. The van der Waals surface area contributed by atoms with Gasteiger partial charge in [-0.3, -0.25) is 4.79 Å². The lowest BCUT2D eigenvalue weighted by Gasteiger charge is -2.21. The molecule has 1 atom stereocenters. The second-order valence-corrected chi connectivity index (χ2v) is 5.01. The minimum atomic E-state index is -0.132. The van der Waals surface area contributed by atoms with E-state index in [-0.39, 0.29) is 11.9 Å². The maximum atomic E-state index is 11.8. The fourth-order valence-electron chi connectivity index (χ4n) is 1.72. The average Bonchev–Trinajstić information content (AvgIpc) is 2.79. The van der Waals surface area contributed by atoms with E-state index in [9.17, 15) is 4.79 Å². The van der Waals surface area contributed by atoms with Gasteiger partial charge in [-0.25, -0.2) is 0 Å². The molecule has 0 radical (unpaired) electrons. The molecule has 0 bridgehead atoms. The van der Waals surface area contributed by atoms with Crippen LogP contribution in [0.2, 0.25) is 0 Å². The predicted molar refractivity (Wildman–Crippen MR) is 64.4 cm³/mol. The van der Waals surface area contributed by atoms with Crippen molar-refractivity contribution >= 4 is 17.7 Å². The number of nitrogens with two attached hydrogens (primary N) is 1. The molecule has 1 amide bonds. The monoisotopic (exact) mass is 240 g/mol. The smallest absolute Gasteiger partial charge is 0.287 e. The highest BCUT2D eigenvalue weighted by atomic mass is 32.2. The van der Waals surface area contributed by atoms with Crippen LogP contribution in [0.3, 0.4) is 0 Å². The molecule has 1 fully saturated rings. The number of carbonyl (C=O) groups excluding carboxylic acids is 1. The third kappa shape index (κ3) is 2.80. The lowest BCUT2D eigenvalue weighted by molar-refractivity contribution is 0.0909. The first kappa shape index (κ1) is 11.5. The highest BCUT2D eigenvalue weighted by Gasteiger charge is 2.18. The van der Waals surface area contributed by atoms with Crippen LogP contribution >= 0.6 is 11.8 Å². The zero-order valence-electron chi connectivity index (χ0n) is 9.07. The SMILES string of the molecule is NCc1ccc(C(=O)NC2CCCSC2)o1. The number of furan rings is 1. The van der Waals surface area contributed by atoms with E-state index in [1.807, 2.05) is 11.8 Å². The minimum absolute atomic E-state index is 0.132. The zero-order valence-corrected chi connectivity index (χ0v) is 9.89. The molecule has 0 saturated carbocycles. The highest BCUT2D eigenvalue weighted by Crippen LogP contribution is 2.17. The first-order valence-corrected chi connectivity index (χ1v) is 6.62. The fraction of sp³-hybridized carbons (Fsp3) is 0.545. The Bertz CT molecular complexity index is 359. The molecule has 16 heavy (non-hydrogen) atoms. The van der Waals surface area contributed by atoms with Crippen LogP contribution in [0.25, 0.3) is 0 Å². The molecule has 1 aliphatic heterocycles. The normalized spacial score (nSPS) is 20.7. The van der Waals surface area contributed by atoms with Crippen molar-refractivity contribution in [3.05, 3.63) is 23.7 Å². The molecule has 2 heterocycles. The molecule has 88 valence electrons. The number of hydrogen-bond donors (Lipinski definition) is 2. The van der Waals surface area contributed by atoms with Gasteiger partial charge in [-0.05, 0) is 30.7 Å². The van der Waals surface area contributed by atoms with Gasteiger partial charge in [0.1, 0.15) is 5.76 Å². The maximum absolute atomic E-state index is 11.8. The summed E-state index contributed by atoms with van der Waals surface area (Å²) in [5.41, 5.74) is 5.42. The van der Waals surface area contributed by atoms with Gasteiger partial charge >= 0.3 is 0 Å². The third-order valence-electron chi connectivity index (χ3n) is 2.58. The molecule has 5 heteroatoms. The van der Waals surface area contributed by atoms with Crippen molar-refractivity contribution < 1.29 is 9.21 Å². The van der Waals surface area contributed by atoms with Gasteiger partial charge in [0.2, 0.25) is 0 Å². The van der Waals surface area contributed by atoms with Crippen LogP contribution in [0.5, 0.6) is 0 Å².